The van der Waals surface area contributed by atoms with E-state index in [1.54, 1.807) is 0 Å². The van der Waals surface area contributed by atoms with E-state index in [4.69, 9.17) is 16.7 Å². The summed E-state index contributed by atoms with van der Waals surface area (Å²) in [6.07, 6.45) is -0.732. The number of hydrogen-bond donors (Lipinski definition) is 1. The average Bonchev–Trinajstić information content (AvgIpc) is 2.07. The first-order valence-corrected chi connectivity index (χ1v) is 2.24. The number of nitrogens with two attached hydrogens (primary N) is 1. The van der Waals surface area contributed by atoms with Gasteiger partial charge >= 0.3 is 0 Å². The molecule has 1 rings (SSSR count). The van der Waals surface area contributed by atoms with Crippen molar-refractivity contribution in [1.82, 2.24) is 4.98 Å². The number of nitrogens with zero attached hydrogens (tertiary/aromatic N) is 1. The minimum absolute atomic E-state index is 0.531. The Bertz CT molecular complexity index is 447. The fourth-order valence-corrected chi connectivity index (χ4v) is 0.390. The number of hydrogen-bond acceptors (Lipinski definition) is 2. The fourth-order valence-electron chi connectivity index (χ4n) is 0.390. The molecule has 1 heterocycles. The van der Waals surface area contributed by atoms with Gasteiger partial charge in [0.15, 0.2) is 0 Å². The molecule has 9 heavy (non-hydrogen) atoms. The van der Waals surface area contributed by atoms with Crippen LogP contribution in [0, 0.1) is 13.7 Å². The standard InChI is InChI=1S/C7H10N2/c1-5-4-9-6(2)3-7(5)8/h3-4H,1-2H3,(H2,8,9)/i1D3,2D3,3D,4D. The van der Waals surface area contributed by atoms with Gasteiger partial charge < -0.3 is 5.73 Å². The van der Waals surface area contributed by atoms with Gasteiger partial charge in [0.05, 0.1) is 2.74 Å². The van der Waals surface area contributed by atoms with Crippen LogP contribution in [0.3, 0.4) is 0 Å². The topological polar surface area (TPSA) is 38.9 Å². The van der Waals surface area contributed by atoms with Crippen LogP contribution in [0.5, 0.6) is 0 Å². The van der Waals surface area contributed by atoms with E-state index in [0.717, 1.165) is 0 Å². The van der Waals surface area contributed by atoms with Crippen molar-refractivity contribution >= 4 is 5.69 Å². The molecular weight excluding hydrogens is 112 g/mol. The molecule has 2 N–H and O–H groups in total. The number of nitrogen functional groups attached to an aromatic ring is 1. The number of aryl methyl sites for hydroxylation is 1. The maximum Gasteiger partial charge on any atom is 0.0844 e. The molecule has 0 amide bonds. The van der Waals surface area contributed by atoms with Crippen LogP contribution in [-0.2, 0) is 0 Å². The zero-order valence-electron chi connectivity index (χ0n) is 12.5. The van der Waals surface area contributed by atoms with Gasteiger partial charge in [-0.15, -0.1) is 0 Å². The smallest absolute Gasteiger partial charge is 0.0844 e. The van der Waals surface area contributed by atoms with Crippen molar-refractivity contribution in [2.75, 3.05) is 5.73 Å². The molecule has 0 radical (unpaired) electrons. The van der Waals surface area contributed by atoms with Gasteiger partial charge in [0, 0.05) is 25.8 Å². The third-order valence-corrected chi connectivity index (χ3v) is 0.802. The highest BCUT2D eigenvalue weighted by Crippen LogP contribution is 2.08. The van der Waals surface area contributed by atoms with E-state index in [2.05, 4.69) is 4.98 Å². The van der Waals surface area contributed by atoms with Gasteiger partial charge in [-0.3, -0.25) is 4.98 Å². The average molecular weight is 130 g/mol. The number of anilines is 1. The highest BCUT2D eigenvalue weighted by Gasteiger charge is 1.91. The van der Waals surface area contributed by atoms with Crippen LogP contribution >= 0.6 is 0 Å². The Labute approximate surface area is 66.0 Å². The lowest BCUT2D eigenvalue weighted by molar-refractivity contribution is 1.17. The molecule has 0 fully saturated rings. The second kappa shape index (κ2) is 2.05. The summed E-state index contributed by atoms with van der Waals surface area (Å²) in [5.41, 5.74) is 3.63. The third-order valence-electron chi connectivity index (χ3n) is 0.802. The van der Waals surface area contributed by atoms with Crippen molar-refractivity contribution in [3.8, 4) is 0 Å². The highest BCUT2D eigenvalue weighted by atomic mass is 14.7. The quantitative estimate of drug-likeness (QED) is 0.574. The van der Waals surface area contributed by atoms with Gasteiger partial charge in [0.1, 0.15) is 0 Å². The fraction of sp³-hybridized carbons (Fsp3) is 0.286. The summed E-state index contributed by atoms with van der Waals surface area (Å²) >= 11 is 0. The molecule has 48 valence electrons. The maximum atomic E-state index is 7.49. The molecule has 0 saturated heterocycles. The molecule has 0 aliphatic heterocycles. The summed E-state index contributed by atoms with van der Waals surface area (Å²) in [6.45, 7) is -5.40. The molecular formula is C7H10N2. The Morgan fingerprint density at radius 2 is 2.67 bits per heavy atom. The third kappa shape index (κ3) is 1.19. The molecule has 0 aliphatic carbocycles. The van der Waals surface area contributed by atoms with Gasteiger partial charge in [-0.2, -0.15) is 0 Å². The molecule has 1 aromatic rings. The van der Waals surface area contributed by atoms with E-state index in [1.165, 1.54) is 0 Å². The van der Waals surface area contributed by atoms with Gasteiger partial charge in [0.2, 0.25) is 0 Å². The Balaban J connectivity index is 3.60. The minimum Gasteiger partial charge on any atom is -0.398 e. The van der Waals surface area contributed by atoms with Crippen LogP contribution in [0.25, 0.3) is 0 Å². The predicted molar refractivity (Wildman–Crippen MR) is 38.1 cm³/mol. The van der Waals surface area contributed by atoms with Crippen molar-refractivity contribution in [3.63, 3.8) is 0 Å². The first-order valence-electron chi connectivity index (χ1n) is 6.24. The lowest BCUT2D eigenvalue weighted by Gasteiger charge is -1.97. The summed E-state index contributed by atoms with van der Waals surface area (Å²) in [6, 6.07) is -0.660. The molecule has 0 aliphatic rings. The van der Waals surface area contributed by atoms with E-state index in [0.29, 0.717) is 0 Å². The predicted octanol–water partition coefficient (Wildman–Crippen LogP) is 1.28. The molecule has 0 aromatic carbocycles. The Morgan fingerprint density at radius 3 is 3.33 bits per heavy atom. The second-order valence-electron chi connectivity index (χ2n) is 1.49. The zero-order valence-corrected chi connectivity index (χ0v) is 4.52. The molecule has 2 nitrogen and oxygen atoms in total. The normalized spacial score (nSPS) is 25.3. The Hall–Kier alpha value is -1.05. The van der Waals surface area contributed by atoms with Crippen molar-refractivity contribution in [3.05, 3.63) is 23.5 Å². The Kier molecular flexibility index (Phi) is 0.344. The van der Waals surface area contributed by atoms with Crippen LogP contribution in [0.4, 0.5) is 5.69 Å². The van der Waals surface area contributed by atoms with Crippen molar-refractivity contribution < 1.29 is 11.0 Å². The molecule has 1 aromatic heterocycles. The molecule has 0 spiro atoms. The van der Waals surface area contributed by atoms with Gasteiger partial charge in [-0.25, -0.2) is 0 Å². The lowest BCUT2D eigenvalue weighted by atomic mass is 10.2. The van der Waals surface area contributed by atoms with Gasteiger partial charge in [-0.1, -0.05) is 0 Å². The lowest BCUT2D eigenvalue weighted by Crippen LogP contribution is -1.91. The molecule has 0 bridgehead atoms. The molecule has 0 atom stereocenters. The minimum atomic E-state index is -2.70. The van der Waals surface area contributed by atoms with E-state index < -0.39 is 42.9 Å². The summed E-state index contributed by atoms with van der Waals surface area (Å²) in [5.74, 6) is 0. The highest BCUT2D eigenvalue weighted by molar-refractivity contribution is 5.44. The van der Waals surface area contributed by atoms with E-state index >= 15 is 0 Å². The van der Waals surface area contributed by atoms with Crippen LogP contribution in [0.1, 0.15) is 22.2 Å². The summed E-state index contributed by atoms with van der Waals surface area (Å²) in [5, 5.41) is 0. The first kappa shape index (κ1) is 1.51. The summed E-state index contributed by atoms with van der Waals surface area (Å²) in [7, 11) is 0. The number of pyridine rings is 1. The summed E-state index contributed by atoms with van der Waals surface area (Å²) in [4.78, 5) is 3.35. The second-order valence-corrected chi connectivity index (χ2v) is 1.49. The van der Waals surface area contributed by atoms with Crippen LogP contribution in [0.15, 0.2) is 12.2 Å². The number of aromatic nitrogens is 1. The maximum absolute atomic E-state index is 7.49. The molecule has 2 heteroatoms. The van der Waals surface area contributed by atoms with E-state index in [-0.39, 0.29) is 0 Å². The largest absolute Gasteiger partial charge is 0.398 e. The summed E-state index contributed by atoms with van der Waals surface area (Å²) < 4.78 is 57.6. The Morgan fingerprint density at radius 1 is 1.78 bits per heavy atom. The van der Waals surface area contributed by atoms with Gasteiger partial charge in [-0.05, 0) is 25.3 Å². The van der Waals surface area contributed by atoms with Crippen LogP contribution in [-0.4, -0.2) is 4.98 Å². The van der Waals surface area contributed by atoms with Gasteiger partial charge in [0.25, 0.3) is 0 Å². The van der Waals surface area contributed by atoms with Crippen molar-refractivity contribution in [1.29, 1.82) is 0 Å². The van der Waals surface area contributed by atoms with Crippen molar-refractivity contribution in [2.24, 2.45) is 0 Å². The van der Waals surface area contributed by atoms with Crippen LogP contribution < -0.4 is 5.73 Å². The molecule has 0 unspecified atom stereocenters. The van der Waals surface area contributed by atoms with Crippen molar-refractivity contribution in [2.45, 2.75) is 13.7 Å². The van der Waals surface area contributed by atoms with E-state index in [9.17, 15) is 0 Å². The monoisotopic (exact) mass is 130 g/mol. The number of rotatable bonds is 0. The first-order chi connectivity index (χ1) is 7.46. The zero-order chi connectivity index (χ0) is 13.6. The van der Waals surface area contributed by atoms with E-state index in [1.807, 2.05) is 0 Å². The SMILES string of the molecule is [2H]c1nc(C([2H])([2H])[2H])c([2H])c(N)c1C([2H])([2H])[2H]. The van der Waals surface area contributed by atoms with Crippen LogP contribution in [0.2, 0.25) is 0 Å². The molecule has 0 saturated carbocycles.